The van der Waals surface area contributed by atoms with Gasteiger partial charge in [-0.2, -0.15) is 18.4 Å². The molecular formula is C41H48F3N9O7. The van der Waals surface area contributed by atoms with E-state index in [4.69, 9.17) is 15.0 Å². The number of halogens is 3. The number of tetrazole rings is 1. The summed E-state index contributed by atoms with van der Waals surface area (Å²) in [5.41, 5.74) is 5.77. The average molecular weight is 836 g/mol. The Labute approximate surface area is 343 Å². The maximum atomic E-state index is 13.7. The number of carboxylic acid groups (broad SMARTS) is 2. The Kier molecular flexibility index (Phi) is 15.3. The SMILES string of the molecule is Cc1cc(C(=O)NC2CCN(C)CC2)ccc1-c1ccc(C[C@H](NC(=O)[C@H]2CC[C@H](CNC(=O)O)CC2)C(=O)Nc2ccc(-c3nn[nH]n3)cc2)cc1.O=C(O)C(F)(F)F. The zero-order valence-corrected chi connectivity index (χ0v) is 33.1. The number of aryl methyl sites for hydroxylation is 1. The van der Waals surface area contributed by atoms with E-state index < -0.39 is 24.3 Å². The number of rotatable bonds is 12. The van der Waals surface area contributed by atoms with Crippen LogP contribution in [0.3, 0.4) is 0 Å². The summed E-state index contributed by atoms with van der Waals surface area (Å²) in [6, 6.07) is 20.1. The first-order chi connectivity index (χ1) is 28.5. The van der Waals surface area contributed by atoms with Crippen LogP contribution >= 0.6 is 0 Å². The molecule has 1 aliphatic carbocycles. The Morgan fingerprint density at radius 3 is 2.08 bits per heavy atom. The molecule has 60 heavy (non-hydrogen) atoms. The summed E-state index contributed by atoms with van der Waals surface area (Å²) in [6.07, 6.45) is -1.27. The predicted molar refractivity (Wildman–Crippen MR) is 214 cm³/mol. The Bertz CT molecular complexity index is 2080. The number of likely N-dealkylation sites (tertiary alicyclic amines) is 1. The highest BCUT2D eigenvalue weighted by Gasteiger charge is 2.38. The zero-order valence-electron chi connectivity index (χ0n) is 33.1. The molecule has 6 rings (SSSR count). The number of benzene rings is 3. The van der Waals surface area contributed by atoms with E-state index in [1.165, 1.54) is 0 Å². The van der Waals surface area contributed by atoms with Crippen LogP contribution in [-0.4, -0.2) is 110 Å². The second-order valence-corrected chi connectivity index (χ2v) is 15.1. The summed E-state index contributed by atoms with van der Waals surface area (Å²) < 4.78 is 31.7. The summed E-state index contributed by atoms with van der Waals surface area (Å²) in [6.45, 7) is 4.32. The largest absolute Gasteiger partial charge is 0.490 e. The van der Waals surface area contributed by atoms with Gasteiger partial charge in [-0.15, -0.1) is 10.2 Å². The molecule has 16 nitrogen and oxygen atoms in total. The molecule has 0 radical (unpaired) electrons. The number of carbonyl (C=O) groups excluding carboxylic acids is 3. The number of piperidine rings is 1. The molecule has 2 aliphatic rings. The molecular weight excluding hydrogens is 788 g/mol. The van der Waals surface area contributed by atoms with Crippen molar-refractivity contribution in [1.82, 2.24) is 41.5 Å². The topological polar surface area (TPSA) is 232 Å². The van der Waals surface area contributed by atoms with Gasteiger partial charge in [-0.05, 0) is 135 Å². The smallest absolute Gasteiger partial charge is 0.475 e. The van der Waals surface area contributed by atoms with Crippen molar-refractivity contribution < 1.29 is 47.4 Å². The van der Waals surface area contributed by atoms with Gasteiger partial charge >= 0.3 is 18.2 Å². The number of carboxylic acids is 1. The molecule has 1 atom stereocenters. The summed E-state index contributed by atoms with van der Waals surface area (Å²) in [7, 11) is 2.10. The van der Waals surface area contributed by atoms with Crippen molar-refractivity contribution in [1.29, 1.82) is 0 Å². The van der Waals surface area contributed by atoms with Crippen LogP contribution in [0.15, 0.2) is 66.7 Å². The van der Waals surface area contributed by atoms with E-state index in [-0.39, 0.29) is 42.0 Å². The van der Waals surface area contributed by atoms with E-state index in [1.54, 1.807) is 24.3 Å². The summed E-state index contributed by atoms with van der Waals surface area (Å²) in [5.74, 6) is -2.99. The molecule has 0 bridgehead atoms. The van der Waals surface area contributed by atoms with Gasteiger partial charge in [0.15, 0.2) is 0 Å². The van der Waals surface area contributed by atoms with Crippen LogP contribution in [0.25, 0.3) is 22.5 Å². The lowest BCUT2D eigenvalue weighted by Crippen LogP contribution is -2.48. The number of aromatic nitrogens is 4. The Hall–Kier alpha value is -6.37. The molecule has 320 valence electrons. The first kappa shape index (κ1) is 44.7. The third-order valence-corrected chi connectivity index (χ3v) is 10.6. The minimum Gasteiger partial charge on any atom is -0.475 e. The number of amides is 4. The molecule has 1 saturated heterocycles. The number of H-pyrrole nitrogens is 1. The van der Waals surface area contributed by atoms with Crippen LogP contribution in [0.2, 0.25) is 0 Å². The fourth-order valence-electron chi connectivity index (χ4n) is 7.18. The number of hydrogen-bond donors (Lipinski definition) is 7. The van der Waals surface area contributed by atoms with Crippen molar-refractivity contribution in [3.63, 3.8) is 0 Å². The van der Waals surface area contributed by atoms with Gasteiger partial charge in [-0.25, -0.2) is 9.59 Å². The van der Waals surface area contributed by atoms with Gasteiger partial charge in [0.05, 0.1) is 0 Å². The molecule has 4 aromatic rings. The van der Waals surface area contributed by atoms with Gasteiger partial charge in [0.25, 0.3) is 5.91 Å². The van der Waals surface area contributed by atoms with E-state index in [1.807, 2.05) is 49.4 Å². The quantitative estimate of drug-likeness (QED) is 0.1000. The van der Waals surface area contributed by atoms with E-state index in [2.05, 4.69) is 53.8 Å². The molecule has 0 spiro atoms. The van der Waals surface area contributed by atoms with Gasteiger partial charge in [0.2, 0.25) is 17.6 Å². The lowest BCUT2D eigenvalue weighted by molar-refractivity contribution is -0.192. The number of hydrogen-bond acceptors (Lipinski definition) is 9. The van der Waals surface area contributed by atoms with Crippen LogP contribution in [0, 0.1) is 18.8 Å². The third kappa shape index (κ3) is 13.1. The van der Waals surface area contributed by atoms with Crippen molar-refractivity contribution in [2.75, 3.05) is 32.0 Å². The van der Waals surface area contributed by atoms with Gasteiger partial charge in [0, 0.05) is 41.7 Å². The second kappa shape index (κ2) is 20.5. The highest BCUT2D eigenvalue weighted by molar-refractivity contribution is 5.98. The summed E-state index contributed by atoms with van der Waals surface area (Å²) >= 11 is 0. The van der Waals surface area contributed by atoms with Crippen LogP contribution in [0.5, 0.6) is 0 Å². The number of anilines is 1. The first-order valence-electron chi connectivity index (χ1n) is 19.5. The molecule has 1 aromatic heterocycles. The van der Waals surface area contributed by atoms with Crippen LogP contribution in [0.1, 0.15) is 60.0 Å². The minimum absolute atomic E-state index is 0.0536. The van der Waals surface area contributed by atoms with Gasteiger partial charge in [0.1, 0.15) is 6.04 Å². The van der Waals surface area contributed by atoms with Crippen LogP contribution in [0.4, 0.5) is 23.7 Å². The number of nitrogens with one attached hydrogen (secondary N) is 5. The summed E-state index contributed by atoms with van der Waals surface area (Å²) in [5, 5.41) is 41.7. The predicted octanol–water partition coefficient (Wildman–Crippen LogP) is 5.04. The molecule has 2 heterocycles. The van der Waals surface area contributed by atoms with E-state index in [9.17, 15) is 32.3 Å². The second-order valence-electron chi connectivity index (χ2n) is 15.1. The molecule has 1 aliphatic heterocycles. The third-order valence-electron chi connectivity index (χ3n) is 10.6. The minimum atomic E-state index is -5.08. The standard InChI is InChI=1S/C39H47N9O5.C2HF3O2/c1-24-21-30(37(50)41-32-17-19-48(2)20-18-32)13-16-33(24)27-7-3-25(4-8-27)22-34(43-36(49)29-9-5-26(6-10-29)23-40-39(52)53)38(51)42-31-14-11-28(12-15-31)35-44-46-47-45-35;3-2(4,5)1(6)7/h3-4,7-8,11-16,21,26,29,32,34,40H,5-6,9-10,17-20,22-23H2,1-2H3,(H,41,50)(H,42,51)(H,43,49)(H,52,53)(H,44,45,46,47);(H,6,7)/t26-,29-,34-;/m0./s1. The van der Waals surface area contributed by atoms with Crippen molar-refractivity contribution in [3.05, 3.63) is 83.4 Å². The fourth-order valence-corrected chi connectivity index (χ4v) is 7.18. The van der Waals surface area contributed by atoms with Gasteiger partial charge in [-0.1, -0.05) is 30.3 Å². The highest BCUT2D eigenvalue weighted by Crippen LogP contribution is 2.29. The Morgan fingerprint density at radius 2 is 1.52 bits per heavy atom. The van der Waals surface area contributed by atoms with Crippen molar-refractivity contribution in [3.8, 4) is 22.5 Å². The van der Waals surface area contributed by atoms with Gasteiger partial charge in [-0.3, -0.25) is 14.4 Å². The molecule has 1 saturated carbocycles. The number of aliphatic carboxylic acids is 1. The summed E-state index contributed by atoms with van der Waals surface area (Å²) in [4.78, 5) is 62.4. The Balaban J connectivity index is 0.000000896. The normalized spacial score (nSPS) is 17.6. The molecule has 2 fully saturated rings. The lowest BCUT2D eigenvalue weighted by Gasteiger charge is -2.29. The maximum Gasteiger partial charge on any atom is 0.490 e. The van der Waals surface area contributed by atoms with E-state index in [0.29, 0.717) is 36.5 Å². The van der Waals surface area contributed by atoms with Crippen molar-refractivity contribution >= 4 is 35.5 Å². The average Bonchev–Trinajstić information content (AvgIpc) is 3.77. The maximum absolute atomic E-state index is 13.7. The van der Waals surface area contributed by atoms with Gasteiger partial charge < -0.3 is 36.4 Å². The van der Waals surface area contributed by atoms with E-state index >= 15 is 0 Å². The molecule has 0 unspecified atom stereocenters. The Morgan fingerprint density at radius 1 is 0.883 bits per heavy atom. The molecule has 4 amide bonds. The monoisotopic (exact) mass is 835 g/mol. The van der Waals surface area contributed by atoms with Crippen molar-refractivity contribution in [2.24, 2.45) is 11.8 Å². The number of alkyl halides is 3. The first-order valence-corrected chi connectivity index (χ1v) is 19.5. The zero-order chi connectivity index (χ0) is 43.4. The van der Waals surface area contributed by atoms with Crippen molar-refractivity contribution in [2.45, 2.75) is 70.1 Å². The molecule has 3 aromatic carbocycles. The lowest BCUT2D eigenvalue weighted by atomic mass is 9.81. The number of aromatic amines is 1. The van der Waals surface area contributed by atoms with E-state index in [0.717, 1.165) is 66.6 Å². The molecule has 7 N–H and O–H groups in total. The van der Waals surface area contributed by atoms with Crippen LogP contribution in [-0.2, 0) is 20.8 Å². The molecule has 19 heteroatoms. The fraction of sp³-hybridized carbons (Fsp3) is 0.415. The van der Waals surface area contributed by atoms with Crippen LogP contribution < -0.4 is 21.3 Å². The number of nitrogens with zero attached hydrogens (tertiary/aromatic N) is 4. The number of carbonyl (C=O) groups is 5. The highest BCUT2D eigenvalue weighted by atomic mass is 19.4.